The van der Waals surface area contributed by atoms with Gasteiger partial charge in [0, 0.05) is 33.6 Å². The minimum atomic E-state index is -4.74. The van der Waals surface area contributed by atoms with Crippen molar-refractivity contribution >= 4 is 46.3 Å². The Hall–Kier alpha value is -1.97. The maximum Gasteiger partial charge on any atom is 0.435 e. The number of carbonyl (C=O) groups is 1. The highest BCUT2D eigenvalue weighted by molar-refractivity contribution is 7.14. The van der Waals surface area contributed by atoms with E-state index in [2.05, 4.69) is 10.5 Å². The molecule has 4 rings (SSSR count). The molecule has 2 aliphatic rings. The van der Waals surface area contributed by atoms with Crippen LogP contribution in [0.15, 0.2) is 23.4 Å². The van der Waals surface area contributed by atoms with Gasteiger partial charge >= 0.3 is 6.18 Å². The molecule has 0 saturated carbocycles. The molecule has 0 fully saturated rings. The zero-order valence-corrected chi connectivity index (χ0v) is 18.9. The van der Waals surface area contributed by atoms with E-state index in [-0.39, 0.29) is 27.4 Å². The second-order valence-corrected chi connectivity index (χ2v) is 9.41. The van der Waals surface area contributed by atoms with Crippen molar-refractivity contribution in [2.24, 2.45) is 5.16 Å². The number of oxime groups is 1. The molecule has 11 heteroatoms. The van der Waals surface area contributed by atoms with Gasteiger partial charge in [0.05, 0.1) is 17.8 Å². The molecule has 166 valence electrons. The van der Waals surface area contributed by atoms with Crippen LogP contribution >= 0.6 is 34.5 Å². The second-order valence-electron chi connectivity index (χ2n) is 7.43. The Balaban J connectivity index is 1.59. The fourth-order valence-corrected chi connectivity index (χ4v) is 5.62. The predicted octanol–water partition coefficient (Wildman–Crippen LogP) is 5.62. The summed E-state index contributed by atoms with van der Waals surface area (Å²) in [5.74, 6) is 0.0530. The minimum absolute atomic E-state index is 0.0834. The number of rotatable bonds is 3. The summed E-state index contributed by atoms with van der Waals surface area (Å²) in [6.07, 6.45) is -5.23. The van der Waals surface area contributed by atoms with Gasteiger partial charge in [-0.1, -0.05) is 28.4 Å². The summed E-state index contributed by atoms with van der Waals surface area (Å²) >= 11 is 13.2. The molecule has 1 amide bonds. The standard InChI is InChI=1S/C20H18Cl2F3N3O2S/c1-3-26-18(29)17-10(2)14-8-28(9-15(14)31-17)16-7-19(30-27-16,20(23,24)25)11-4-12(21)6-13(22)5-11/h4-6H,3,7-9H2,1-2H3,(H,26,29). The van der Waals surface area contributed by atoms with Gasteiger partial charge in [-0.15, -0.1) is 11.3 Å². The van der Waals surface area contributed by atoms with Crippen LogP contribution in [0.1, 0.15) is 44.6 Å². The fourth-order valence-electron chi connectivity index (χ4n) is 3.85. The molecule has 0 saturated heterocycles. The molecule has 0 radical (unpaired) electrons. The van der Waals surface area contributed by atoms with Crippen molar-refractivity contribution in [1.82, 2.24) is 10.2 Å². The van der Waals surface area contributed by atoms with Crippen LogP contribution in [0.3, 0.4) is 0 Å². The van der Waals surface area contributed by atoms with E-state index < -0.39 is 18.2 Å². The average Bonchev–Trinajstić information content (AvgIpc) is 3.35. The number of nitrogens with zero attached hydrogens (tertiary/aromatic N) is 2. The smallest absolute Gasteiger partial charge is 0.372 e. The van der Waals surface area contributed by atoms with E-state index in [0.717, 1.165) is 16.0 Å². The molecule has 1 N–H and O–H groups in total. The van der Waals surface area contributed by atoms with E-state index in [1.54, 1.807) is 4.90 Å². The first-order valence-corrected chi connectivity index (χ1v) is 11.1. The minimum Gasteiger partial charge on any atom is -0.372 e. The van der Waals surface area contributed by atoms with Crippen molar-refractivity contribution in [3.8, 4) is 0 Å². The van der Waals surface area contributed by atoms with E-state index in [9.17, 15) is 18.0 Å². The molecule has 31 heavy (non-hydrogen) atoms. The number of amides is 1. The number of alkyl halides is 3. The number of halogens is 5. The highest BCUT2D eigenvalue weighted by atomic mass is 35.5. The lowest BCUT2D eigenvalue weighted by atomic mass is 9.89. The quantitative estimate of drug-likeness (QED) is 0.605. The van der Waals surface area contributed by atoms with Gasteiger partial charge < -0.3 is 15.1 Å². The Kier molecular flexibility index (Phi) is 5.64. The Bertz CT molecular complexity index is 1070. The second kappa shape index (κ2) is 7.86. The van der Waals surface area contributed by atoms with Crippen molar-refractivity contribution < 1.29 is 22.8 Å². The molecule has 2 aromatic rings. The summed E-state index contributed by atoms with van der Waals surface area (Å²) in [4.78, 5) is 20.6. The molecule has 5 nitrogen and oxygen atoms in total. The van der Waals surface area contributed by atoms with Gasteiger partial charge in [-0.25, -0.2) is 0 Å². The van der Waals surface area contributed by atoms with Crippen LogP contribution < -0.4 is 5.32 Å². The van der Waals surface area contributed by atoms with Crippen molar-refractivity contribution in [1.29, 1.82) is 0 Å². The lowest BCUT2D eigenvalue weighted by Crippen LogP contribution is -2.43. The van der Waals surface area contributed by atoms with E-state index in [4.69, 9.17) is 28.0 Å². The van der Waals surface area contributed by atoms with E-state index >= 15 is 0 Å². The highest BCUT2D eigenvalue weighted by Crippen LogP contribution is 2.50. The van der Waals surface area contributed by atoms with E-state index in [1.807, 2.05) is 13.8 Å². The van der Waals surface area contributed by atoms with Gasteiger partial charge in [0.25, 0.3) is 11.5 Å². The summed E-state index contributed by atoms with van der Waals surface area (Å²) in [7, 11) is 0. The molecule has 2 aliphatic heterocycles. The Morgan fingerprint density at radius 2 is 1.97 bits per heavy atom. The molecule has 1 aromatic heterocycles. The number of amidine groups is 1. The molecule has 0 aliphatic carbocycles. The molecule has 1 unspecified atom stereocenters. The summed E-state index contributed by atoms with van der Waals surface area (Å²) < 4.78 is 42.5. The first kappa shape index (κ1) is 22.2. The lowest BCUT2D eigenvalue weighted by molar-refractivity contribution is -0.275. The third kappa shape index (κ3) is 3.76. The average molecular weight is 492 g/mol. The third-order valence-corrected chi connectivity index (χ3v) is 7.20. The van der Waals surface area contributed by atoms with Crippen LogP contribution in [0, 0.1) is 6.92 Å². The van der Waals surface area contributed by atoms with Crippen LogP contribution in [-0.4, -0.2) is 29.4 Å². The molecule has 1 aromatic carbocycles. The SMILES string of the molecule is CCNC(=O)c1sc2c(c1C)CN(C1=NOC(c3cc(Cl)cc(Cl)c3)(C(F)(F)F)C1)C2. The molecule has 0 spiro atoms. The number of fused-ring (bicyclic) bond motifs is 1. The van der Waals surface area contributed by atoms with E-state index in [0.29, 0.717) is 24.5 Å². The summed E-state index contributed by atoms with van der Waals surface area (Å²) in [5, 5.41) is 6.76. The maximum absolute atomic E-state index is 14.2. The monoisotopic (exact) mass is 491 g/mol. The van der Waals surface area contributed by atoms with Crippen molar-refractivity contribution in [2.75, 3.05) is 6.54 Å². The van der Waals surface area contributed by atoms with Crippen LogP contribution in [0.5, 0.6) is 0 Å². The van der Waals surface area contributed by atoms with E-state index in [1.165, 1.54) is 29.5 Å². The number of benzene rings is 1. The first-order chi connectivity index (χ1) is 14.6. The van der Waals surface area contributed by atoms with Crippen molar-refractivity contribution in [2.45, 2.75) is 45.1 Å². The topological polar surface area (TPSA) is 53.9 Å². The zero-order valence-electron chi connectivity index (χ0n) is 16.6. The van der Waals surface area contributed by atoms with Crippen molar-refractivity contribution in [3.63, 3.8) is 0 Å². The number of carbonyl (C=O) groups excluding carboxylic acids is 1. The molecule has 3 heterocycles. The third-order valence-electron chi connectivity index (χ3n) is 5.45. The summed E-state index contributed by atoms with van der Waals surface area (Å²) in [6, 6.07) is 3.76. The Morgan fingerprint density at radius 1 is 1.29 bits per heavy atom. The number of nitrogens with one attached hydrogen (secondary N) is 1. The Labute approximate surface area is 190 Å². The van der Waals surface area contributed by atoms with Gasteiger partial charge in [0.15, 0.2) is 0 Å². The predicted molar refractivity (Wildman–Crippen MR) is 114 cm³/mol. The zero-order chi connectivity index (χ0) is 22.6. The van der Waals surface area contributed by atoms with Crippen LogP contribution in [-0.2, 0) is 23.5 Å². The highest BCUT2D eigenvalue weighted by Gasteiger charge is 2.63. The van der Waals surface area contributed by atoms with Gasteiger partial charge in [-0.05, 0) is 43.2 Å². The van der Waals surface area contributed by atoms with Gasteiger partial charge in [-0.3, -0.25) is 4.79 Å². The maximum atomic E-state index is 14.2. The number of hydrogen-bond acceptors (Lipinski definition) is 5. The van der Waals surface area contributed by atoms with Crippen LogP contribution in [0.4, 0.5) is 13.2 Å². The molecular weight excluding hydrogens is 474 g/mol. The van der Waals surface area contributed by atoms with Gasteiger partial charge in [0.1, 0.15) is 5.84 Å². The van der Waals surface area contributed by atoms with Gasteiger partial charge in [-0.2, -0.15) is 13.2 Å². The number of hydrogen-bond donors (Lipinski definition) is 1. The summed E-state index contributed by atoms with van der Waals surface area (Å²) in [5.41, 5.74) is -1.06. The van der Waals surface area contributed by atoms with Crippen molar-refractivity contribution in [3.05, 3.63) is 54.7 Å². The van der Waals surface area contributed by atoms with Gasteiger partial charge in [0.2, 0.25) is 0 Å². The fraction of sp³-hybridized carbons (Fsp3) is 0.400. The molecule has 1 atom stereocenters. The Morgan fingerprint density at radius 3 is 2.55 bits per heavy atom. The normalized spacial score (nSPS) is 20.5. The number of thiophene rings is 1. The lowest BCUT2D eigenvalue weighted by Gasteiger charge is -2.30. The first-order valence-electron chi connectivity index (χ1n) is 9.48. The van der Waals surface area contributed by atoms with Crippen LogP contribution in [0.2, 0.25) is 10.0 Å². The summed E-state index contributed by atoms with van der Waals surface area (Å²) in [6.45, 7) is 4.95. The van der Waals surface area contributed by atoms with Crippen LogP contribution in [0.25, 0.3) is 0 Å². The molecule has 0 bridgehead atoms. The largest absolute Gasteiger partial charge is 0.435 e. The molecular formula is C20H18Cl2F3N3O2S.